The molecule has 0 aromatic heterocycles. The summed E-state index contributed by atoms with van der Waals surface area (Å²) in [6.45, 7) is 4.90. The number of halogens is 2. The second kappa shape index (κ2) is 17.1. The van der Waals surface area contributed by atoms with E-state index in [2.05, 4.69) is 21.0 Å². The molecule has 0 bridgehead atoms. The third-order valence-corrected chi connectivity index (χ3v) is 4.53. The van der Waals surface area contributed by atoms with Gasteiger partial charge in [-0.2, -0.15) is 0 Å². The second-order valence-electron chi connectivity index (χ2n) is 6.96. The minimum atomic E-state index is 0. The Morgan fingerprint density at radius 2 is 1.00 bits per heavy atom. The zero-order chi connectivity index (χ0) is 15.1. The van der Waals surface area contributed by atoms with E-state index in [9.17, 15) is 0 Å². The summed E-state index contributed by atoms with van der Waals surface area (Å²) in [6, 6.07) is 0. The lowest BCUT2D eigenvalue weighted by Gasteiger charge is -2.29. The molecule has 0 aliphatic rings. The molecular formula is C18H39BrClN. The number of rotatable bonds is 15. The summed E-state index contributed by atoms with van der Waals surface area (Å²) in [5.74, 6) is 0.818. The van der Waals surface area contributed by atoms with E-state index in [1.807, 2.05) is 0 Å². The summed E-state index contributed by atoms with van der Waals surface area (Å²) in [5.41, 5.74) is 0. The van der Waals surface area contributed by atoms with Gasteiger partial charge < -0.3 is 21.5 Å². The van der Waals surface area contributed by atoms with E-state index in [0.717, 1.165) is 5.88 Å². The predicted octanol–water partition coefficient (Wildman–Crippen LogP) is 3.01. The molecule has 0 saturated heterocycles. The second-order valence-corrected chi connectivity index (χ2v) is 7.34. The minimum absolute atomic E-state index is 0. The van der Waals surface area contributed by atoms with E-state index < -0.39 is 0 Å². The van der Waals surface area contributed by atoms with Gasteiger partial charge in [-0.1, -0.05) is 58.3 Å². The van der Waals surface area contributed by atoms with E-state index in [-0.39, 0.29) is 17.0 Å². The van der Waals surface area contributed by atoms with E-state index in [1.54, 1.807) is 0 Å². The van der Waals surface area contributed by atoms with Crippen LogP contribution >= 0.6 is 11.6 Å². The Kier molecular flexibility index (Phi) is 19.5. The first-order valence-corrected chi connectivity index (χ1v) is 9.54. The monoisotopic (exact) mass is 383 g/mol. The molecule has 130 valence electrons. The Hall–Kier alpha value is 0.730. The summed E-state index contributed by atoms with van der Waals surface area (Å²) in [7, 11) is 4.73. The van der Waals surface area contributed by atoms with Crippen LogP contribution in [0.1, 0.15) is 84.0 Å². The molecule has 0 aliphatic heterocycles. The predicted molar refractivity (Wildman–Crippen MR) is 93.6 cm³/mol. The van der Waals surface area contributed by atoms with Crippen LogP contribution in [0.25, 0.3) is 0 Å². The quantitative estimate of drug-likeness (QED) is 0.231. The van der Waals surface area contributed by atoms with Crippen molar-refractivity contribution >= 4 is 11.6 Å². The van der Waals surface area contributed by atoms with Gasteiger partial charge in [-0.3, -0.25) is 0 Å². The average molecular weight is 385 g/mol. The van der Waals surface area contributed by atoms with Crippen molar-refractivity contribution < 1.29 is 21.5 Å². The summed E-state index contributed by atoms with van der Waals surface area (Å²) in [6.07, 6.45) is 16.8. The highest BCUT2D eigenvalue weighted by atomic mass is 79.9. The number of alkyl halides is 1. The molecule has 0 unspecified atom stereocenters. The fourth-order valence-electron chi connectivity index (χ4n) is 2.77. The van der Waals surface area contributed by atoms with Gasteiger partial charge >= 0.3 is 0 Å². The van der Waals surface area contributed by atoms with Crippen LogP contribution in [-0.4, -0.2) is 37.5 Å². The fourth-order valence-corrected chi connectivity index (χ4v) is 2.96. The van der Waals surface area contributed by atoms with Crippen molar-refractivity contribution in [3.8, 4) is 0 Å². The van der Waals surface area contributed by atoms with Crippen LogP contribution in [0.5, 0.6) is 0 Å². The summed E-state index contributed by atoms with van der Waals surface area (Å²) >= 11 is 5.74. The minimum Gasteiger partial charge on any atom is -1.00 e. The molecule has 0 aromatic rings. The molecule has 0 amide bonds. The first-order valence-electron chi connectivity index (χ1n) is 9.00. The molecule has 1 nitrogen and oxygen atoms in total. The normalized spacial score (nSPS) is 11.4. The van der Waals surface area contributed by atoms with Crippen molar-refractivity contribution in [2.75, 3.05) is 33.1 Å². The van der Waals surface area contributed by atoms with Gasteiger partial charge in [0.1, 0.15) is 0 Å². The van der Waals surface area contributed by atoms with Crippen LogP contribution in [0.2, 0.25) is 0 Å². The van der Waals surface area contributed by atoms with Gasteiger partial charge in [0, 0.05) is 5.88 Å². The molecule has 0 fully saturated rings. The Balaban J connectivity index is 0. The van der Waals surface area contributed by atoms with Crippen LogP contribution in [0, 0.1) is 0 Å². The largest absolute Gasteiger partial charge is 1.00 e. The number of unbranched alkanes of at least 4 members (excludes halogenated alkanes) is 10. The third kappa shape index (κ3) is 18.7. The number of hydrogen-bond acceptors (Lipinski definition) is 0. The van der Waals surface area contributed by atoms with Crippen LogP contribution in [0.4, 0.5) is 0 Å². The molecule has 0 heterocycles. The van der Waals surface area contributed by atoms with Crippen LogP contribution < -0.4 is 17.0 Å². The van der Waals surface area contributed by atoms with Gasteiger partial charge in [0.05, 0.1) is 27.2 Å². The van der Waals surface area contributed by atoms with E-state index in [1.165, 1.54) is 94.6 Å². The van der Waals surface area contributed by atoms with Gasteiger partial charge in [0.15, 0.2) is 0 Å². The van der Waals surface area contributed by atoms with Crippen LogP contribution in [-0.2, 0) is 0 Å². The van der Waals surface area contributed by atoms with E-state index in [4.69, 9.17) is 11.6 Å². The third-order valence-electron chi connectivity index (χ3n) is 4.26. The van der Waals surface area contributed by atoms with Gasteiger partial charge in [-0.25, -0.2) is 0 Å². The van der Waals surface area contributed by atoms with Crippen LogP contribution in [0.3, 0.4) is 0 Å². The molecule has 0 aliphatic carbocycles. The first kappa shape index (κ1) is 24.0. The number of quaternary nitrogens is 1. The van der Waals surface area contributed by atoms with Crippen molar-refractivity contribution in [3.63, 3.8) is 0 Å². The SMILES string of the molecule is CCCCCCCCCCCC[N+](C)(C)CCCCCl.[Br-]. The van der Waals surface area contributed by atoms with Gasteiger partial charge in [-0.05, 0) is 25.7 Å². The lowest BCUT2D eigenvalue weighted by Crippen LogP contribution is -3.00. The maximum absolute atomic E-state index is 5.74. The number of hydrogen-bond donors (Lipinski definition) is 0. The molecule has 0 spiro atoms. The van der Waals surface area contributed by atoms with Crippen molar-refractivity contribution in [2.45, 2.75) is 84.0 Å². The Morgan fingerprint density at radius 3 is 1.43 bits per heavy atom. The van der Waals surface area contributed by atoms with E-state index >= 15 is 0 Å². The Labute approximate surface area is 150 Å². The van der Waals surface area contributed by atoms with Gasteiger partial charge in [-0.15, -0.1) is 11.6 Å². The average Bonchev–Trinajstić information content (AvgIpc) is 2.41. The first-order chi connectivity index (χ1) is 9.62. The molecule has 0 atom stereocenters. The van der Waals surface area contributed by atoms with E-state index in [0.29, 0.717) is 0 Å². The highest BCUT2D eigenvalue weighted by Crippen LogP contribution is 2.12. The molecule has 0 radical (unpaired) electrons. The van der Waals surface area contributed by atoms with Crippen LogP contribution in [0.15, 0.2) is 0 Å². The summed E-state index contributed by atoms with van der Waals surface area (Å²) < 4.78 is 1.17. The van der Waals surface area contributed by atoms with Gasteiger partial charge in [0.25, 0.3) is 0 Å². The van der Waals surface area contributed by atoms with Crippen molar-refractivity contribution in [2.24, 2.45) is 0 Å². The smallest absolute Gasteiger partial charge is 0.0782 e. The number of nitrogens with zero attached hydrogens (tertiary/aromatic N) is 1. The molecule has 3 heteroatoms. The van der Waals surface area contributed by atoms with Crippen molar-refractivity contribution in [1.82, 2.24) is 0 Å². The molecule has 0 saturated carbocycles. The topological polar surface area (TPSA) is 0 Å². The lowest BCUT2D eigenvalue weighted by atomic mass is 10.1. The lowest BCUT2D eigenvalue weighted by molar-refractivity contribution is -0.890. The Bertz CT molecular complexity index is 198. The molecule has 0 rings (SSSR count). The van der Waals surface area contributed by atoms with Gasteiger partial charge in [0.2, 0.25) is 0 Å². The highest BCUT2D eigenvalue weighted by Gasteiger charge is 2.13. The summed E-state index contributed by atoms with van der Waals surface area (Å²) in [4.78, 5) is 0. The standard InChI is InChI=1S/C18H39ClN.BrH/c1-4-5-6-7-8-9-10-11-12-14-17-20(2,3)18-15-13-16-19;/h4-18H2,1-3H3;1H/q+1;/p-1. The zero-order valence-corrected chi connectivity index (χ0v) is 17.2. The Morgan fingerprint density at radius 1 is 0.619 bits per heavy atom. The molecule has 0 N–H and O–H groups in total. The van der Waals surface area contributed by atoms with Crippen molar-refractivity contribution in [3.05, 3.63) is 0 Å². The molecule has 21 heavy (non-hydrogen) atoms. The molecule has 0 aromatic carbocycles. The molecular weight excluding hydrogens is 346 g/mol. The fraction of sp³-hybridized carbons (Fsp3) is 1.00. The summed E-state index contributed by atoms with van der Waals surface area (Å²) in [5, 5.41) is 0. The van der Waals surface area contributed by atoms with Crippen molar-refractivity contribution in [1.29, 1.82) is 0 Å². The maximum atomic E-state index is 5.74. The maximum Gasteiger partial charge on any atom is 0.0782 e. The highest BCUT2D eigenvalue weighted by molar-refractivity contribution is 6.17. The zero-order valence-electron chi connectivity index (χ0n) is 14.8.